The van der Waals surface area contributed by atoms with E-state index in [1.54, 1.807) is 36.6 Å². The Labute approximate surface area is 152 Å². The van der Waals surface area contributed by atoms with Gasteiger partial charge in [-0.2, -0.15) is 0 Å². The molecule has 3 rings (SSSR count). The molecule has 1 amide bonds. The van der Waals surface area contributed by atoms with Gasteiger partial charge in [-0.25, -0.2) is 0 Å². The molecule has 132 valence electrons. The second-order valence-corrected chi connectivity index (χ2v) is 7.32. The second kappa shape index (κ2) is 7.40. The van der Waals surface area contributed by atoms with Gasteiger partial charge in [0.05, 0.1) is 19.6 Å². The van der Waals surface area contributed by atoms with Gasteiger partial charge in [-0.1, -0.05) is 6.92 Å². The van der Waals surface area contributed by atoms with Crippen LogP contribution in [0.25, 0.3) is 0 Å². The molecule has 2 heterocycles. The Morgan fingerprint density at radius 2 is 2.12 bits per heavy atom. The molecule has 0 fully saturated rings. The highest BCUT2D eigenvalue weighted by atomic mass is 32.1. The molecule has 0 N–H and O–H groups in total. The highest BCUT2D eigenvalue weighted by Crippen LogP contribution is 2.35. The number of methoxy groups -OCH3 is 1. The Balaban J connectivity index is 1.85. The summed E-state index contributed by atoms with van der Waals surface area (Å²) in [6.45, 7) is 4.40. The van der Waals surface area contributed by atoms with Gasteiger partial charge in [-0.15, -0.1) is 11.3 Å². The monoisotopic (exact) mass is 357 g/mol. The number of ether oxygens (including phenoxy) is 1. The van der Waals surface area contributed by atoms with E-state index in [1.807, 2.05) is 4.90 Å². The molecule has 0 saturated carbocycles. The molecule has 5 heteroatoms. The predicted octanol–water partition coefficient (Wildman–Crippen LogP) is 4.04. The third kappa shape index (κ3) is 3.47. The van der Waals surface area contributed by atoms with Gasteiger partial charge < -0.3 is 9.64 Å². The number of hydrogen-bond donors (Lipinski definition) is 0. The molecule has 4 nitrogen and oxygen atoms in total. The van der Waals surface area contributed by atoms with Gasteiger partial charge >= 0.3 is 0 Å². The minimum atomic E-state index is -0.0105. The molecule has 1 aliphatic heterocycles. The molecule has 0 spiro atoms. The van der Waals surface area contributed by atoms with Gasteiger partial charge in [-0.3, -0.25) is 9.59 Å². The summed E-state index contributed by atoms with van der Waals surface area (Å²) in [5.74, 6) is 0.728. The molecule has 1 aliphatic rings. The summed E-state index contributed by atoms with van der Waals surface area (Å²) >= 11 is 1.78. The van der Waals surface area contributed by atoms with E-state index < -0.39 is 0 Å². The minimum absolute atomic E-state index is 0.0105. The number of fused-ring (bicyclic) bond motifs is 1. The molecule has 0 bridgehead atoms. The molecule has 1 aromatic heterocycles. The molecule has 1 atom stereocenters. The maximum absolute atomic E-state index is 13.0. The number of carbonyl (C=O) groups excluding carboxylic acids is 2. The summed E-state index contributed by atoms with van der Waals surface area (Å²) in [5.41, 5.74) is 2.66. The van der Waals surface area contributed by atoms with Crippen LogP contribution in [0, 0.1) is 0 Å². The molecule has 0 aliphatic carbocycles. The van der Waals surface area contributed by atoms with E-state index in [0.29, 0.717) is 11.3 Å². The lowest BCUT2D eigenvalue weighted by Crippen LogP contribution is -2.40. The third-order valence-electron chi connectivity index (χ3n) is 4.83. The minimum Gasteiger partial charge on any atom is -0.496 e. The quantitative estimate of drug-likeness (QED) is 0.759. The normalized spacial score (nSPS) is 16.4. The molecule has 1 unspecified atom stereocenters. The highest BCUT2D eigenvalue weighted by Gasteiger charge is 2.30. The number of thiophene rings is 1. The van der Waals surface area contributed by atoms with Crippen molar-refractivity contribution in [3.63, 3.8) is 0 Å². The van der Waals surface area contributed by atoms with Crippen LogP contribution in [0.4, 0.5) is 0 Å². The van der Waals surface area contributed by atoms with Gasteiger partial charge in [-0.05, 0) is 55.0 Å². The Kier molecular flexibility index (Phi) is 5.23. The lowest BCUT2D eigenvalue weighted by molar-refractivity contribution is -0.133. The SMILES string of the molecule is CCC1c2ccsc2CCN1C(=O)Cc1cc(C(C)=O)ccc1OC. The van der Waals surface area contributed by atoms with Gasteiger partial charge in [0.15, 0.2) is 5.78 Å². The van der Waals surface area contributed by atoms with Crippen molar-refractivity contribution in [3.05, 3.63) is 51.2 Å². The van der Waals surface area contributed by atoms with Crippen LogP contribution in [0.1, 0.15) is 52.7 Å². The predicted molar refractivity (Wildman–Crippen MR) is 99.5 cm³/mol. The van der Waals surface area contributed by atoms with E-state index in [1.165, 1.54) is 17.4 Å². The number of amides is 1. The third-order valence-corrected chi connectivity index (χ3v) is 5.83. The van der Waals surface area contributed by atoms with Crippen LogP contribution in [0.15, 0.2) is 29.6 Å². The smallest absolute Gasteiger partial charge is 0.227 e. The Bertz CT molecular complexity index is 796. The summed E-state index contributed by atoms with van der Waals surface area (Å²) < 4.78 is 5.38. The van der Waals surface area contributed by atoms with Crippen molar-refractivity contribution in [1.82, 2.24) is 4.90 Å². The average molecular weight is 357 g/mol. The average Bonchev–Trinajstić information content (AvgIpc) is 3.09. The van der Waals surface area contributed by atoms with Crippen molar-refractivity contribution in [3.8, 4) is 5.75 Å². The summed E-state index contributed by atoms with van der Waals surface area (Å²) in [7, 11) is 1.59. The molecular weight excluding hydrogens is 334 g/mol. The maximum Gasteiger partial charge on any atom is 0.227 e. The number of hydrogen-bond acceptors (Lipinski definition) is 4. The first-order valence-electron chi connectivity index (χ1n) is 8.58. The second-order valence-electron chi connectivity index (χ2n) is 6.32. The van der Waals surface area contributed by atoms with Crippen LogP contribution in [-0.2, 0) is 17.6 Å². The van der Waals surface area contributed by atoms with E-state index in [0.717, 1.165) is 24.9 Å². The number of benzene rings is 1. The lowest BCUT2D eigenvalue weighted by atomic mass is 9.96. The summed E-state index contributed by atoms with van der Waals surface area (Å²) in [6.07, 6.45) is 2.07. The summed E-state index contributed by atoms with van der Waals surface area (Å²) in [6, 6.07) is 7.57. The van der Waals surface area contributed by atoms with E-state index in [4.69, 9.17) is 4.74 Å². The van der Waals surface area contributed by atoms with Crippen LogP contribution in [0.5, 0.6) is 5.75 Å². The van der Waals surface area contributed by atoms with Crippen LogP contribution in [0.3, 0.4) is 0 Å². The zero-order chi connectivity index (χ0) is 18.0. The fourth-order valence-electron chi connectivity index (χ4n) is 3.54. The molecule has 2 aromatic rings. The van der Waals surface area contributed by atoms with Crippen LogP contribution >= 0.6 is 11.3 Å². The van der Waals surface area contributed by atoms with Gasteiger partial charge in [0.1, 0.15) is 5.75 Å². The maximum atomic E-state index is 13.0. The van der Waals surface area contributed by atoms with Crippen molar-refractivity contribution in [2.75, 3.05) is 13.7 Å². The fourth-order valence-corrected chi connectivity index (χ4v) is 4.46. The van der Waals surface area contributed by atoms with Gasteiger partial charge in [0, 0.05) is 22.5 Å². The van der Waals surface area contributed by atoms with E-state index in [2.05, 4.69) is 18.4 Å². The highest BCUT2D eigenvalue weighted by molar-refractivity contribution is 7.10. The number of Topliss-reactive ketones (excluding diaryl/α,β-unsaturated/α-hetero) is 1. The zero-order valence-corrected chi connectivity index (χ0v) is 15.7. The molecule has 25 heavy (non-hydrogen) atoms. The Morgan fingerprint density at radius 1 is 1.32 bits per heavy atom. The van der Waals surface area contributed by atoms with Gasteiger partial charge in [0.25, 0.3) is 0 Å². The first-order chi connectivity index (χ1) is 12.0. The lowest BCUT2D eigenvalue weighted by Gasteiger charge is -2.35. The number of ketones is 1. The summed E-state index contributed by atoms with van der Waals surface area (Å²) in [5, 5.41) is 2.11. The number of rotatable bonds is 5. The largest absolute Gasteiger partial charge is 0.496 e. The van der Waals surface area contributed by atoms with Crippen molar-refractivity contribution < 1.29 is 14.3 Å². The first kappa shape index (κ1) is 17.7. The molecule has 0 saturated heterocycles. The number of carbonyl (C=O) groups is 2. The zero-order valence-electron chi connectivity index (χ0n) is 14.9. The summed E-state index contributed by atoms with van der Waals surface area (Å²) in [4.78, 5) is 28.0. The van der Waals surface area contributed by atoms with Crippen LogP contribution in [0.2, 0.25) is 0 Å². The van der Waals surface area contributed by atoms with E-state index in [9.17, 15) is 9.59 Å². The first-order valence-corrected chi connectivity index (χ1v) is 9.46. The van der Waals surface area contributed by atoms with Crippen molar-refractivity contribution in [2.24, 2.45) is 0 Å². The van der Waals surface area contributed by atoms with E-state index >= 15 is 0 Å². The Hall–Kier alpha value is -2.14. The molecule has 0 radical (unpaired) electrons. The Morgan fingerprint density at radius 3 is 2.80 bits per heavy atom. The number of nitrogens with zero attached hydrogens (tertiary/aromatic N) is 1. The fraction of sp³-hybridized carbons (Fsp3) is 0.400. The van der Waals surface area contributed by atoms with Gasteiger partial charge in [0.2, 0.25) is 5.91 Å². The topological polar surface area (TPSA) is 46.6 Å². The van der Waals surface area contributed by atoms with Crippen LogP contribution < -0.4 is 4.74 Å². The molecule has 1 aromatic carbocycles. The van der Waals surface area contributed by atoms with Crippen molar-refractivity contribution in [1.29, 1.82) is 0 Å². The molecular formula is C20H23NO3S. The van der Waals surface area contributed by atoms with Crippen molar-refractivity contribution >= 4 is 23.0 Å². The van der Waals surface area contributed by atoms with E-state index in [-0.39, 0.29) is 24.2 Å². The standard InChI is InChI=1S/C20H23NO3S/c1-4-17-16-8-10-25-19(16)7-9-21(17)20(23)12-15-11-14(13(2)22)5-6-18(15)24-3/h5-6,8,10-11,17H,4,7,9,12H2,1-3H3. The van der Waals surface area contributed by atoms with Crippen molar-refractivity contribution in [2.45, 2.75) is 39.2 Å². The van der Waals surface area contributed by atoms with Crippen LogP contribution in [-0.4, -0.2) is 30.2 Å².